The van der Waals surface area contributed by atoms with Gasteiger partial charge in [0.05, 0.1) is 16.3 Å². The van der Waals surface area contributed by atoms with Crippen LogP contribution < -0.4 is 11.0 Å². The number of hydrogen-bond donors (Lipinski definition) is 3. The predicted octanol–water partition coefficient (Wildman–Crippen LogP) is 2.15. The first kappa shape index (κ1) is 16.3. The largest absolute Gasteiger partial charge is 0.325 e. The van der Waals surface area contributed by atoms with Crippen molar-refractivity contribution in [3.05, 3.63) is 35.0 Å². The minimum atomic E-state index is -0.340. The minimum Gasteiger partial charge on any atom is -0.325 e. The second-order valence-corrected chi connectivity index (χ2v) is 7.01. The Kier molecular flexibility index (Phi) is 4.43. The van der Waals surface area contributed by atoms with Crippen molar-refractivity contribution < 1.29 is 4.79 Å². The summed E-state index contributed by atoms with van der Waals surface area (Å²) in [5, 5.41) is 11.2. The third-order valence-electron chi connectivity index (χ3n) is 3.53. The van der Waals surface area contributed by atoms with Gasteiger partial charge in [0.15, 0.2) is 5.16 Å². The number of nitrogens with one attached hydrogen (secondary N) is 3. The van der Waals surface area contributed by atoms with Gasteiger partial charge in [0.25, 0.3) is 0 Å². The van der Waals surface area contributed by atoms with E-state index >= 15 is 0 Å². The summed E-state index contributed by atoms with van der Waals surface area (Å²) in [5.74, 6) is -0.143. The lowest BCUT2D eigenvalue weighted by molar-refractivity contribution is -0.115. The summed E-state index contributed by atoms with van der Waals surface area (Å²) in [7, 11) is 0. The molecule has 1 aromatic carbocycles. The fraction of sp³-hybridized carbons (Fsp3) is 0.333. The van der Waals surface area contributed by atoms with E-state index in [0.717, 1.165) is 0 Å². The molecule has 0 bridgehead atoms. The van der Waals surface area contributed by atoms with Gasteiger partial charge in [0.2, 0.25) is 5.91 Å². The van der Waals surface area contributed by atoms with Crippen LogP contribution in [-0.2, 0) is 4.79 Å². The van der Waals surface area contributed by atoms with E-state index in [4.69, 9.17) is 0 Å². The van der Waals surface area contributed by atoms with E-state index in [9.17, 15) is 9.59 Å². The number of hydrogen-bond acceptors (Lipinski definition) is 5. The molecule has 3 aromatic rings. The van der Waals surface area contributed by atoms with Crippen molar-refractivity contribution >= 4 is 34.4 Å². The van der Waals surface area contributed by atoms with Gasteiger partial charge in [-0.25, -0.2) is 4.79 Å². The lowest BCUT2D eigenvalue weighted by Gasteiger charge is -2.14. The molecule has 0 saturated heterocycles. The molecule has 0 fully saturated rings. The Balaban J connectivity index is 1.70. The first-order chi connectivity index (χ1) is 11.4. The zero-order chi connectivity index (χ0) is 17.3. The van der Waals surface area contributed by atoms with Crippen LogP contribution in [0.3, 0.4) is 0 Å². The van der Waals surface area contributed by atoms with Gasteiger partial charge < -0.3 is 19.9 Å². The Labute approximate surface area is 142 Å². The van der Waals surface area contributed by atoms with Crippen LogP contribution in [0.2, 0.25) is 0 Å². The quantitative estimate of drug-likeness (QED) is 0.613. The number of aromatic nitrogens is 5. The van der Waals surface area contributed by atoms with Crippen molar-refractivity contribution in [3.63, 3.8) is 0 Å². The minimum absolute atomic E-state index is 0.143. The molecule has 0 spiro atoms. The summed E-state index contributed by atoms with van der Waals surface area (Å²) in [6, 6.07) is 5.44. The normalized spacial score (nSPS) is 12.7. The van der Waals surface area contributed by atoms with Crippen LogP contribution in [0.1, 0.15) is 26.8 Å². The highest BCUT2D eigenvalue weighted by Crippen LogP contribution is 2.24. The highest BCUT2D eigenvalue weighted by molar-refractivity contribution is 8.00. The van der Waals surface area contributed by atoms with Crippen molar-refractivity contribution in [3.8, 4) is 0 Å². The van der Waals surface area contributed by atoms with Crippen LogP contribution in [0.15, 0.2) is 34.5 Å². The number of thioether (sulfide) groups is 1. The summed E-state index contributed by atoms with van der Waals surface area (Å²) in [6.45, 7) is 5.88. The number of amides is 1. The zero-order valence-corrected chi connectivity index (χ0v) is 14.3. The van der Waals surface area contributed by atoms with Gasteiger partial charge in [-0.3, -0.25) is 4.79 Å². The van der Waals surface area contributed by atoms with Gasteiger partial charge in [0.1, 0.15) is 6.33 Å². The first-order valence-corrected chi connectivity index (χ1v) is 8.41. The molecule has 0 saturated carbocycles. The Morgan fingerprint density at radius 1 is 1.25 bits per heavy atom. The molecule has 0 unspecified atom stereocenters. The number of aromatic amines is 2. The average Bonchev–Trinajstić information content (AvgIpc) is 3.12. The van der Waals surface area contributed by atoms with Crippen LogP contribution in [0.5, 0.6) is 0 Å². The molecule has 9 heteroatoms. The second kappa shape index (κ2) is 6.52. The Morgan fingerprint density at radius 2 is 2.00 bits per heavy atom. The maximum atomic E-state index is 12.4. The number of nitrogens with zero attached hydrogens (tertiary/aromatic N) is 3. The Bertz CT molecular complexity index is 925. The van der Waals surface area contributed by atoms with Gasteiger partial charge in [-0.15, -0.1) is 10.2 Å². The number of carbonyl (C=O) groups is 1. The monoisotopic (exact) mass is 346 g/mol. The predicted molar refractivity (Wildman–Crippen MR) is 93.3 cm³/mol. The molecule has 0 aliphatic heterocycles. The Hall–Kier alpha value is -2.55. The van der Waals surface area contributed by atoms with Crippen molar-refractivity contribution in [2.45, 2.75) is 37.2 Å². The molecule has 126 valence electrons. The van der Waals surface area contributed by atoms with Gasteiger partial charge in [-0.2, -0.15) is 0 Å². The lowest BCUT2D eigenvalue weighted by atomic mass is 10.2. The molecule has 0 aliphatic rings. The molecular formula is C15H18N6O2S. The van der Waals surface area contributed by atoms with E-state index in [1.807, 2.05) is 25.3 Å². The Morgan fingerprint density at radius 3 is 2.75 bits per heavy atom. The van der Waals surface area contributed by atoms with Gasteiger partial charge in [-0.05, 0) is 39.0 Å². The number of benzene rings is 1. The molecule has 1 amide bonds. The molecular weight excluding hydrogens is 328 g/mol. The number of H-pyrrole nitrogens is 2. The second-order valence-electron chi connectivity index (χ2n) is 5.70. The molecule has 8 nitrogen and oxygen atoms in total. The van der Waals surface area contributed by atoms with Crippen LogP contribution in [0, 0.1) is 0 Å². The standard InChI is InChI=1S/C15H18N6O2S/c1-8(2)21-7-16-20-15(21)24-9(3)13(22)17-10-4-5-11-12(6-10)19-14(23)18-11/h4-9H,1-3H3,(H,17,22)(H2,18,19,23)/t9-/m1/s1. The van der Waals surface area contributed by atoms with Crippen LogP contribution in [0.4, 0.5) is 5.69 Å². The molecule has 24 heavy (non-hydrogen) atoms. The average molecular weight is 346 g/mol. The summed E-state index contributed by atoms with van der Waals surface area (Å²) < 4.78 is 1.92. The van der Waals surface area contributed by atoms with E-state index in [1.165, 1.54) is 11.8 Å². The van der Waals surface area contributed by atoms with Crippen LogP contribution >= 0.6 is 11.8 Å². The molecule has 2 aromatic heterocycles. The number of carbonyl (C=O) groups excluding carboxylic acids is 1. The van der Waals surface area contributed by atoms with E-state index in [1.54, 1.807) is 24.5 Å². The summed E-state index contributed by atoms with van der Waals surface area (Å²) in [6.07, 6.45) is 1.66. The van der Waals surface area contributed by atoms with Crippen molar-refractivity contribution in [1.82, 2.24) is 24.7 Å². The molecule has 1 atom stereocenters. The zero-order valence-electron chi connectivity index (χ0n) is 13.5. The fourth-order valence-corrected chi connectivity index (χ4v) is 3.19. The molecule has 0 radical (unpaired) electrons. The number of anilines is 1. The van der Waals surface area contributed by atoms with E-state index in [2.05, 4.69) is 25.5 Å². The van der Waals surface area contributed by atoms with Crippen molar-refractivity contribution in [1.29, 1.82) is 0 Å². The maximum Gasteiger partial charge on any atom is 0.323 e. The highest BCUT2D eigenvalue weighted by atomic mass is 32.2. The summed E-state index contributed by atoms with van der Waals surface area (Å²) in [4.78, 5) is 29.0. The number of fused-ring (bicyclic) bond motifs is 1. The summed E-state index contributed by atoms with van der Waals surface area (Å²) >= 11 is 1.35. The summed E-state index contributed by atoms with van der Waals surface area (Å²) in [5.41, 5.74) is 1.70. The molecule has 3 rings (SSSR count). The van der Waals surface area contributed by atoms with Crippen LogP contribution in [-0.4, -0.2) is 35.9 Å². The highest BCUT2D eigenvalue weighted by Gasteiger charge is 2.19. The smallest absolute Gasteiger partial charge is 0.323 e. The first-order valence-electron chi connectivity index (χ1n) is 7.53. The van der Waals surface area contributed by atoms with Gasteiger partial charge in [-0.1, -0.05) is 11.8 Å². The van der Waals surface area contributed by atoms with Crippen molar-refractivity contribution in [2.75, 3.05) is 5.32 Å². The molecule has 2 heterocycles. The maximum absolute atomic E-state index is 12.4. The third kappa shape index (κ3) is 3.35. The van der Waals surface area contributed by atoms with Crippen LogP contribution in [0.25, 0.3) is 11.0 Å². The SMILES string of the molecule is CC(C)n1cnnc1S[C@H](C)C(=O)Nc1ccc2[nH]c(=O)[nH]c2c1. The number of imidazole rings is 1. The number of rotatable bonds is 5. The fourth-order valence-electron chi connectivity index (χ4n) is 2.24. The van der Waals surface area contributed by atoms with E-state index in [0.29, 0.717) is 21.9 Å². The lowest BCUT2D eigenvalue weighted by Crippen LogP contribution is -2.23. The van der Waals surface area contributed by atoms with Gasteiger partial charge in [0, 0.05) is 11.7 Å². The van der Waals surface area contributed by atoms with E-state index in [-0.39, 0.29) is 22.9 Å². The molecule has 0 aliphatic carbocycles. The topological polar surface area (TPSA) is 108 Å². The molecule has 3 N–H and O–H groups in total. The third-order valence-corrected chi connectivity index (χ3v) is 4.60. The van der Waals surface area contributed by atoms with E-state index < -0.39 is 0 Å². The van der Waals surface area contributed by atoms with Gasteiger partial charge >= 0.3 is 5.69 Å². The van der Waals surface area contributed by atoms with Crippen molar-refractivity contribution in [2.24, 2.45) is 0 Å².